The number of carbonyl (C=O) groups is 3. The van der Waals surface area contributed by atoms with Gasteiger partial charge in [-0.3, -0.25) is 0 Å². The average molecular weight is 1020 g/mol. The topological polar surface area (TPSA) is 272 Å². The van der Waals surface area contributed by atoms with Crippen LogP contribution in [0, 0.1) is 21.1 Å². The maximum absolute atomic E-state index is 13.3. The number of aromatic nitrogens is 6. The Morgan fingerprint density at radius 1 is 0.883 bits per heavy atom. The Morgan fingerprint density at radius 2 is 1.30 bits per heavy atom. The number of sulfonamides is 1. The van der Waals surface area contributed by atoms with Gasteiger partial charge in [0.15, 0.2) is 11.6 Å². The van der Waals surface area contributed by atoms with Crippen LogP contribution < -0.4 is 70.9 Å². The molecule has 0 aromatic carbocycles. The Kier molecular flexibility index (Phi) is 22.6. The van der Waals surface area contributed by atoms with E-state index in [0.717, 1.165) is 36.6 Å². The Hall–Kier alpha value is -3.17. The van der Waals surface area contributed by atoms with Crippen LogP contribution in [-0.2, 0) is 53.7 Å². The molecule has 0 aliphatic rings. The second kappa shape index (κ2) is 23.9. The molecule has 0 spiro atoms. The minimum absolute atomic E-state index is 0. The molecule has 4 heterocycles. The first-order valence-corrected chi connectivity index (χ1v) is 21.1. The SMILES string of the molecule is CCc1n[nH]c(=S)n1OC.CCc1nn(C(=O)NS(=O)(=O)c2c(C(=O)OC)csc2C(F)(F)F)c(=S)n1OC.COC(=O)c1csc(C(F)(F)F)c1S(=O)(=O)Cl.N#C[O-].[K+]. The summed E-state index contributed by atoms with van der Waals surface area (Å²) in [6.07, 6.45) is -8.46. The molecule has 20 nitrogen and oxygen atoms in total. The number of halogens is 7. The van der Waals surface area contributed by atoms with Gasteiger partial charge in [-0.1, -0.05) is 13.8 Å². The first kappa shape index (κ1) is 56.8. The maximum atomic E-state index is 13.3. The average Bonchev–Trinajstić information content (AvgIpc) is 3.94. The molecule has 0 saturated heterocycles. The number of nitriles is 1. The van der Waals surface area contributed by atoms with Gasteiger partial charge in [-0.25, -0.2) is 46.3 Å². The Labute approximate surface area is 399 Å². The molecule has 0 aliphatic carbocycles. The number of thiophene rings is 2. The predicted molar refractivity (Wildman–Crippen MR) is 193 cm³/mol. The molecule has 0 aliphatic heterocycles. The van der Waals surface area contributed by atoms with Crippen LogP contribution in [0.3, 0.4) is 0 Å². The fourth-order valence-electron chi connectivity index (χ4n) is 3.96. The molecular weight excluding hydrogens is 997 g/mol. The Bertz CT molecular complexity index is 2520. The first-order valence-electron chi connectivity index (χ1n) is 14.7. The van der Waals surface area contributed by atoms with Crippen LogP contribution in [-0.4, -0.2) is 92.7 Å². The van der Waals surface area contributed by atoms with Gasteiger partial charge in [0.05, 0.1) is 25.3 Å². The van der Waals surface area contributed by atoms with E-state index in [-0.39, 0.29) is 91.1 Å². The first-order chi connectivity index (χ1) is 27.2. The number of amides is 1. The molecule has 0 radical (unpaired) electrons. The number of aromatic amines is 1. The molecule has 34 heteroatoms. The van der Waals surface area contributed by atoms with Crippen molar-refractivity contribution in [2.45, 2.75) is 48.8 Å². The molecule has 4 aromatic heterocycles. The van der Waals surface area contributed by atoms with Gasteiger partial charge in [-0.05, 0) is 24.4 Å². The van der Waals surface area contributed by atoms with Crippen LogP contribution in [0.1, 0.15) is 56.0 Å². The second-order valence-corrected chi connectivity index (χ2v) is 16.4. The zero-order chi connectivity index (χ0) is 45.8. The van der Waals surface area contributed by atoms with E-state index in [2.05, 4.69) is 24.8 Å². The van der Waals surface area contributed by atoms with Crippen molar-refractivity contribution in [3.05, 3.63) is 52.8 Å². The summed E-state index contributed by atoms with van der Waals surface area (Å²) in [6, 6.07) is -1.46. The van der Waals surface area contributed by atoms with Gasteiger partial charge >= 0.3 is 81.7 Å². The molecule has 0 bridgehead atoms. The van der Waals surface area contributed by atoms with Crippen molar-refractivity contribution in [1.82, 2.24) is 34.2 Å². The van der Waals surface area contributed by atoms with E-state index >= 15 is 0 Å². The summed E-state index contributed by atoms with van der Waals surface area (Å²) >= 11 is 9.84. The van der Waals surface area contributed by atoms with Crippen LogP contribution in [0.5, 0.6) is 0 Å². The van der Waals surface area contributed by atoms with Crippen LogP contribution in [0.15, 0.2) is 20.6 Å². The molecule has 1 amide bonds. The fraction of sp³-hybridized carbons (Fsp3) is 0.385. The van der Waals surface area contributed by atoms with Crippen LogP contribution in [0.25, 0.3) is 0 Å². The third-order valence-corrected chi connectivity index (χ3v) is 11.9. The predicted octanol–water partition coefficient (Wildman–Crippen LogP) is 0.723. The molecule has 4 aromatic rings. The van der Waals surface area contributed by atoms with E-state index in [1.165, 1.54) is 16.6 Å². The van der Waals surface area contributed by atoms with Crippen LogP contribution in [0.2, 0.25) is 0 Å². The van der Waals surface area contributed by atoms with E-state index in [9.17, 15) is 57.6 Å². The van der Waals surface area contributed by atoms with Crippen molar-refractivity contribution in [2.75, 3.05) is 28.4 Å². The molecule has 0 unspecified atom stereocenters. The molecule has 0 saturated carbocycles. The number of carbonyl (C=O) groups excluding carboxylic acids is 3. The monoisotopic (exact) mass is 1020 g/mol. The number of H-pyrrole nitrogens is 1. The summed E-state index contributed by atoms with van der Waals surface area (Å²) in [5.74, 6) is -1.55. The largest absolute Gasteiger partial charge is 1.00 e. The quantitative estimate of drug-likeness (QED) is 0.0584. The number of hydrogen-bond donors (Lipinski definition) is 2. The number of esters is 2. The second-order valence-electron chi connectivity index (χ2n) is 9.75. The minimum Gasteiger partial charge on any atom is -0.812 e. The smallest absolute Gasteiger partial charge is 0.812 e. The molecule has 0 fully saturated rings. The zero-order valence-corrected chi connectivity index (χ0v) is 40.0. The van der Waals surface area contributed by atoms with E-state index in [1.807, 2.05) is 6.92 Å². The summed E-state index contributed by atoms with van der Waals surface area (Å²) in [4.78, 5) is 39.3. The maximum Gasteiger partial charge on any atom is 1.00 e. The summed E-state index contributed by atoms with van der Waals surface area (Å²) < 4.78 is 138. The van der Waals surface area contributed by atoms with Crippen molar-refractivity contribution in [2.24, 2.45) is 0 Å². The number of nitrogens with zero attached hydrogens (tertiary/aromatic N) is 6. The van der Waals surface area contributed by atoms with Crippen molar-refractivity contribution in [3.8, 4) is 6.26 Å². The number of rotatable bonds is 9. The number of methoxy groups -OCH3 is 2. The van der Waals surface area contributed by atoms with E-state index in [4.69, 9.17) is 55.2 Å². The van der Waals surface area contributed by atoms with Gasteiger partial charge in [-0.2, -0.15) is 31.4 Å². The Morgan fingerprint density at radius 3 is 1.63 bits per heavy atom. The fourth-order valence-corrected chi connectivity index (χ4v) is 9.76. The third kappa shape index (κ3) is 14.5. The molecule has 60 heavy (non-hydrogen) atoms. The van der Waals surface area contributed by atoms with Gasteiger partial charge in [-0.15, -0.1) is 41.9 Å². The van der Waals surface area contributed by atoms with Crippen LogP contribution >= 0.6 is 57.8 Å². The molecular formula is C26H26ClF6KN8O12S6. The number of hydrogen-bond acceptors (Lipinski definition) is 19. The number of alkyl halides is 6. The normalized spacial score (nSPS) is 11.1. The van der Waals surface area contributed by atoms with E-state index < -0.39 is 80.1 Å². The molecule has 328 valence electrons. The molecule has 0 atom stereocenters. The van der Waals surface area contributed by atoms with E-state index in [0.29, 0.717) is 21.1 Å². The summed E-state index contributed by atoms with van der Waals surface area (Å²) in [7, 11) is -0.411. The van der Waals surface area contributed by atoms with Gasteiger partial charge < -0.3 is 24.3 Å². The van der Waals surface area contributed by atoms with Crippen molar-refractivity contribution in [1.29, 1.82) is 5.26 Å². The standard InChI is InChI=1S/C13H13F3N4O6S3.C7H4ClF3O4S2.C5H9N3OS.CHNO.K/c1-4-7-17-19(12(27)20(7)26-3)11(22)18-29(23,24)8-6(10(21)25-2)5-28-9(8)13(14,15)16;1-15-6(12)3-2-16-5(7(9,10)11)4(3)17(8,13)14;1-3-4-6-7-5(10)8(4)9-2;2-1-3;/h5H,4H2,1-3H3,(H,18,22);2H,1H3;3H2,1-2H3,(H,7,10);3H;/q;;;;+1/p-1. The Balaban J connectivity index is 0.000000943. The minimum atomic E-state index is -5.16. The van der Waals surface area contributed by atoms with Gasteiger partial charge in [0.2, 0.25) is 9.54 Å². The van der Waals surface area contributed by atoms with Crippen molar-refractivity contribution >= 4 is 94.8 Å². The zero-order valence-electron chi connectivity index (χ0n) is 31.2. The third-order valence-electron chi connectivity index (χ3n) is 6.24. The summed E-state index contributed by atoms with van der Waals surface area (Å²) in [6.45, 7) is 3.63. The number of ether oxygens (including phenoxy) is 2. The number of aryl methyl sites for hydroxylation is 2. The van der Waals surface area contributed by atoms with Crippen molar-refractivity contribution < 1.29 is 133 Å². The molecule has 4 rings (SSSR count). The van der Waals surface area contributed by atoms with Gasteiger partial charge in [0, 0.05) is 40.5 Å². The van der Waals surface area contributed by atoms with Gasteiger partial charge in [0.25, 0.3) is 19.1 Å². The summed E-state index contributed by atoms with van der Waals surface area (Å²) in [5.41, 5.74) is -1.59. The van der Waals surface area contributed by atoms with Gasteiger partial charge in [0.1, 0.15) is 33.8 Å². The van der Waals surface area contributed by atoms with Crippen LogP contribution in [0.4, 0.5) is 31.1 Å². The summed E-state index contributed by atoms with van der Waals surface area (Å²) in [5, 5.41) is 26.7. The van der Waals surface area contributed by atoms with Crippen molar-refractivity contribution in [3.63, 3.8) is 0 Å². The molecule has 2 N–H and O–H groups in total. The number of nitrogens with one attached hydrogen (secondary N) is 2. The van der Waals surface area contributed by atoms with E-state index in [1.54, 1.807) is 14.0 Å².